The number of carbonyl (C=O) groups is 3. The van der Waals surface area contributed by atoms with Gasteiger partial charge in [0.15, 0.2) is 0 Å². The van der Waals surface area contributed by atoms with Gasteiger partial charge in [-0.2, -0.15) is 0 Å². The van der Waals surface area contributed by atoms with Crippen molar-refractivity contribution >= 4 is 17.9 Å². The van der Waals surface area contributed by atoms with Crippen molar-refractivity contribution < 1.29 is 19.1 Å². The predicted octanol–water partition coefficient (Wildman–Crippen LogP) is 4.70. The molecule has 188 valence electrons. The first kappa shape index (κ1) is 29.0. The number of rotatable bonds is 10. The maximum Gasteiger partial charge on any atom is 0.408 e. The van der Waals surface area contributed by atoms with Crippen LogP contribution in [-0.2, 0) is 14.3 Å². The average molecular weight is 472 g/mol. The van der Waals surface area contributed by atoms with Crippen molar-refractivity contribution in [2.24, 2.45) is 5.92 Å². The molecule has 0 aliphatic carbocycles. The van der Waals surface area contributed by atoms with Gasteiger partial charge in [-0.15, -0.1) is 0 Å². The molecule has 0 fully saturated rings. The average Bonchev–Trinajstić information content (AvgIpc) is 2.73. The van der Waals surface area contributed by atoms with Gasteiger partial charge in [-0.1, -0.05) is 69.9 Å². The number of carbonyl (C=O) groups excluding carboxylic acids is 3. The van der Waals surface area contributed by atoms with Crippen LogP contribution in [0.3, 0.4) is 0 Å². The molecule has 3 amide bonds. The van der Waals surface area contributed by atoms with Crippen LogP contribution in [0.4, 0.5) is 4.79 Å². The molecular formula is C27H41N3O4. The molecule has 0 spiro atoms. The Balaban J connectivity index is 3.40. The first-order chi connectivity index (χ1) is 15.8. The number of amides is 3. The van der Waals surface area contributed by atoms with Crippen LogP contribution in [-0.4, -0.2) is 40.5 Å². The summed E-state index contributed by atoms with van der Waals surface area (Å²) in [6.07, 6.45) is 7.42. The van der Waals surface area contributed by atoms with Crippen molar-refractivity contribution in [1.29, 1.82) is 0 Å². The molecule has 0 saturated carbocycles. The summed E-state index contributed by atoms with van der Waals surface area (Å²) in [5.74, 6) is -1.14. The lowest BCUT2D eigenvalue weighted by molar-refractivity contribution is -0.139. The molecule has 0 aromatic heterocycles. The molecule has 0 aliphatic heterocycles. The zero-order valence-corrected chi connectivity index (χ0v) is 21.9. The second-order valence-corrected chi connectivity index (χ2v) is 9.86. The van der Waals surface area contributed by atoms with E-state index in [-0.39, 0.29) is 17.9 Å². The molecule has 1 rings (SSSR count). The molecule has 7 heteroatoms. The number of terminal acetylenes is 1. The van der Waals surface area contributed by atoms with Crippen molar-refractivity contribution in [2.45, 2.75) is 98.4 Å². The van der Waals surface area contributed by atoms with E-state index >= 15 is 0 Å². The molecule has 34 heavy (non-hydrogen) atoms. The molecule has 0 heterocycles. The molecule has 7 nitrogen and oxygen atoms in total. The van der Waals surface area contributed by atoms with E-state index in [1.54, 1.807) is 26.8 Å². The number of aryl methyl sites for hydroxylation is 1. The van der Waals surface area contributed by atoms with Gasteiger partial charge in [-0.3, -0.25) is 14.5 Å². The van der Waals surface area contributed by atoms with Gasteiger partial charge in [0.1, 0.15) is 17.7 Å². The van der Waals surface area contributed by atoms with Crippen molar-refractivity contribution in [3.8, 4) is 12.5 Å². The Morgan fingerprint density at radius 3 is 2.29 bits per heavy atom. The van der Waals surface area contributed by atoms with Gasteiger partial charge in [0.05, 0.1) is 0 Å². The lowest BCUT2D eigenvalue weighted by Gasteiger charge is -2.33. The van der Waals surface area contributed by atoms with Crippen molar-refractivity contribution in [3.05, 3.63) is 35.4 Å². The highest BCUT2D eigenvalue weighted by molar-refractivity contribution is 5.93. The van der Waals surface area contributed by atoms with Gasteiger partial charge in [0.2, 0.25) is 5.91 Å². The Morgan fingerprint density at radius 2 is 1.79 bits per heavy atom. The maximum atomic E-state index is 13.7. The van der Waals surface area contributed by atoms with E-state index in [1.807, 2.05) is 52.8 Å². The Labute approximate surface area is 205 Å². The second-order valence-electron chi connectivity index (χ2n) is 9.86. The topological polar surface area (TPSA) is 87.7 Å². The number of nitrogens with one attached hydrogen (secondary N) is 2. The van der Waals surface area contributed by atoms with E-state index in [0.717, 1.165) is 23.3 Å². The van der Waals surface area contributed by atoms with Crippen LogP contribution in [0.5, 0.6) is 0 Å². The van der Waals surface area contributed by atoms with E-state index in [9.17, 15) is 14.4 Å². The fourth-order valence-corrected chi connectivity index (χ4v) is 3.62. The molecule has 0 saturated heterocycles. The Morgan fingerprint density at radius 1 is 1.15 bits per heavy atom. The fraction of sp³-hybridized carbons (Fsp3) is 0.593. The van der Waals surface area contributed by atoms with Gasteiger partial charge in [0.25, 0.3) is 5.91 Å². The normalized spacial score (nSPS) is 14.7. The third kappa shape index (κ3) is 8.74. The molecule has 1 aromatic carbocycles. The van der Waals surface area contributed by atoms with E-state index in [1.165, 1.54) is 0 Å². The highest BCUT2D eigenvalue weighted by Crippen LogP contribution is 2.25. The van der Waals surface area contributed by atoms with Crippen LogP contribution < -0.4 is 10.6 Å². The highest BCUT2D eigenvalue weighted by Gasteiger charge is 2.38. The summed E-state index contributed by atoms with van der Waals surface area (Å²) in [7, 11) is 0. The minimum Gasteiger partial charge on any atom is -0.444 e. The molecule has 4 unspecified atom stereocenters. The highest BCUT2D eigenvalue weighted by atomic mass is 16.6. The van der Waals surface area contributed by atoms with E-state index in [2.05, 4.69) is 16.7 Å². The number of alkyl carbamates (subject to hydrolysis) is 1. The summed E-state index contributed by atoms with van der Waals surface area (Å²) in [4.78, 5) is 40.7. The summed E-state index contributed by atoms with van der Waals surface area (Å²) < 4.78 is 5.36. The maximum absolute atomic E-state index is 13.7. The van der Waals surface area contributed by atoms with E-state index < -0.39 is 29.7 Å². The smallest absolute Gasteiger partial charge is 0.408 e. The van der Waals surface area contributed by atoms with E-state index in [0.29, 0.717) is 12.0 Å². The standard InChI is InChI=1S/C27H41N3O4/c1-10-14-20(6)28-24(31)23(21-16-13-15-18(4)17-21)30(12-3)25(32)22(19(5)11-2)29-26(33)34-27(7,8)9/h3,13,15-17,19-20,22-23H,10-11,14H2,1-2,4-9H3,(H,28,31)(H,29,33). The van der Waals surface area contributed by atoms with Crippen LogP contribution in [0.25, 0.3) is 0 Å². The molecule has 4 atom stereocenters. The predicted molar refractivity (Wildman–Crippen MR) is 135 cm³/mol. The van der Waals surface area contributed by atoms with Crippen molar-refractivity contribution in [3.63, 3.8) is 0 Å². The van der Waals surface area contributed by atoms with Crippen LogP contribution >= 0.6 is 0 Å². The Kier molecular flexibility index (Phi) is 11.1. The first-order valence-electron chi connectivity index (χ1n) is 12.0. The molecule has 2 N–H and O–H groups in total. The first-order valence-corrected chi connectivity index (χ1v) is 12.0. The second kappa shape index (κ2) is 13.0. The number of ether oxygens (including phenoxy) is 1. The third-order valence-corrected chi connectivity index (χ3v) is 5.50. The Bertz CT molecular complexity index is 885. The van der Waals surface area contributed by atoms with Gasteiger partial charge in [-0.05, 0) is 52.5 Å². The van der Waals surface area contributed by atoms with Crippen LogP contribution in [0.1, 0.15) is 84.9 Å². The van der Waals surface area contributed by atoms with Crippen LogP contribution in [0.2, 0.25) is 0 Å². The number of hydrogen-bond acceptors (Lipinski definition) is 4. The molecule has 0 aliphatic rings. The summed E-state index contributed by atoms with van der Waals surface area (Å²) >= 11 is 0. The minimum atomic E-state index is -1.04. The minimum absolute atomic E-state index is 0.0789. The van der Waals surface area contributed by atoms with Crippen LogP contribution in [0, 0.1) is 25.3 Å². The molecular weight excluding hydrogens is 430 g/mol. The summed E-state index contributed by atoms with van der Waals surface area (Å²) in [6.45, 7) is 14.9. The fourth-order valence-electron chi connectivity index (χ4n) is 3.62. The SMILES string of the molecule is C#CN(C(=O)C(NC(=O)OC(C)(C)C)C(C)CC)C(C(=O)NC(C)CCC)c1cccc(C)c1. The number of hydrogen-bond donors (Lipinski definition) is 2. The summed E-state index contributed by atoms with van der Waals surface area (Å²) in [6, 6.07) is 7.70. The van der Waals surface area contributed by atoms with Gasteiger partial charge in [0, 0.05) is 12.1 Å². The monoisotopic (exact) mass is 471 g/mol. The molecule has 0 radical (unpaired) electrons. The van der Waals surface area contributed by atoms with Crippen LogP contribution in [0.15, 0.2) is 24.3 Å². The molecule has 1 aromatic rings. The van der Waals surface area contributed by atoms with Gasteiger partial charge in [-0.25, -0.2) is 4.79 Å². The summed E-state index contributed by atoms with van der Waals surface area (Å²) in [5.41, 5.74) is 0.817. The van der Waals surface area contributed by atoms with Gasteiger partial charge < -0.3 is 15.4 Å². The number of benzene rings is 1. The zero-order valence-electron chi connectivity index (χ0n) is 21.9. The quantitative estimate of drug-likeness (QED) is 0.382. The number of nitrogens with zero attached hydrogens (tertiary/aromatic N) is 1. The lowest BCUT2D eigenvalue weighted by atomic mass is 9.95. The third-order valence-electron chi connectivity index (χ3n) is 5.50. The summed E-state index contributed by atoms with van der Waals surface area (Å²) in [5, 5.41) is 5.66. The zero-order chi connectivity index (χ0) is 26.1. The largest absolute Gasteiger partial charge is 0.444 e. The van der Waals surface area contributed by atoms with Crippen molar-refractivity contribution in [2.75, 3.05) is 0 Å². The molecule has 0 bridgehead atoms. The Hall–Kier alpha value is -3.01. The van der Waals surface area contributed by atoms with Gasteiger partial charge >= 0.3 is 6.09 Å². The van der Waals surface area contributed by atoms with Crippen molar-refractivity contribution in [1.82, 2.24) is 15.5 Å². The lowest BCUT2D eigenvalue weighted by Crippen LogP contribution is -2.54. The van der Waals surface area contributed by atoms with E-state index in [4.69, 9.17) is 11.2 Å².